The average molecular weight is 567 g/mol. The Morgan fingerprint density at radius 2 is 1.95 bits per heavy atom. The lowest BCUT2D eigenvalue weighted by Crippen LogP contribution is -2.48. The quantitative estimate of drug-likeness (QED) is 0.368. The van der Waals surface area contributed by atoms with Gasteiger partial charge in [-0.3, -0.25) is 13.9 Å². The van der Waals surface area contributed by atoms with Crippen molar-refractivity contribution in [2.24, 2.45) is 7.05 Å². The van der Waals surface area contributed by atoms with Gasteiger partial charge in [-0.1, -0.05) is 0 Å². The van der Waals surface area contributed by atoms with Gasteiger partial charge in [0.1, 0.15) is 28.2 Å². The van der Waals surface area contributed by atoms with Gasteiger partial charge in [0.05, 0.1) is 12.8 Å². The number of amides is 2. The van der Waals surface area contributed by atoms with Crippen molar-refractivity contribution in [3.05, 3.63) is 42.2 Å². The van der Waals surface area contributed by atoms with Crippen molar-refractivity contribution in [3.63, 3.8) is 0 Å². The van der Waals surface area contributed by atoms with Gasteiger partial charge in [0, 0.05) is 62.9 Å². The number of imidazole rings is 1. The van der Waals surface area contributed by atoms with Crippen molar-refractivity contribution in [1.29, 1.82) is 0 Å². The number of benzene rings is 1. The second-order valence-electron chi connectivity index (χ2n) is 11.1. The van der Waals surface area contributed by atoms with Crippen molar-refractivity contribution in [2.45, 2.75) is 52.2 Å². The molecule has 3 aromatic heterocycles. The van der Waals surface area contributed by atoms with Crippen LogP contribution in [0.2, 0.25) is 0 Å². The Bertz CT molecular complexity index is 1600. The number of halogens is 1. The third-order valence-corrected chi connectivity index (χ3v) is 7.08. The minimum atomic E-state index is -0.689. The maximum atomic E-state index is 15.7. The summed E-state index contributed by atoms with van der Waals surface area (Å²) in [6.45, 7) is 9.24. The number of piperidine rings is 1. The smallest absolute Gasteiger partial charge is 0.410 e. The summed E-state index contributed by atoms with van der Waals surface area (Å²) in [5.41, 5.74) is 0.426. The van der Waals surface area contributed by atoms with E-state index in [1.165, 1.54) is 13.2 Å². The number of methoxy groups -OCH3 is 1. The van der Waals surface area contributed by atoms with Crippen LogP contribution in [0.3, 0.4) is 0 Å². The van der Waals surface area contributed by atoms with Crippen LogP contribution in [0.25, 0.3) is 16.7 Å². The predicted octanol–water partition coefficient (Wildman–Crippen LogP) is 4.24. The van der Waals surface area contributed by atoms with Gasteiger partial charge in [0.25, 0.3) is 5.91 Å². The molecule has 4 aromatic rings. The minimum absolute atomic E-state index is 0.0156. The molecule has 0 saturated carbocycles. The number of nitrogens with zero attached hydrogens (tertiary/aromatic N) is 7. The average Bonchev–Trinajstić information content (AvgIpc) is 3.52. The van der Waals surface area contributed by atoms with Gasteiger partial charge < -0.3 is 24.6 Å². The highest BCUT2D eigenvalue weighted by Gasteiger charge is 2.32. The van der Waals surface area contributed by atoms with Crippen LogP contribution >= 0.6 is 0 Å². The second kappa shape index (κ2) is 10.9. The number of anilines is 2. The van der Waals surface area contributed by atoms with Gasteiger partial charge in [-0.25, -0.2) is 14.2 Å². The first-order valence-electron chi connectivity index (χ1n) is 13.6. The van der Waals surface area contributed by atoms with E-state index in [9.17, 15) is 9.59 Å². The van der Waals surface area contributed by atoms with E-state index >= 15 is 4.39 Å². The third kappa shape index (κ3) is 5.61. The maximum absolute atomic E-state index is 15.7. The fourth-order valence-corrected chi connectivity index (χ4v) is 5.26. The second-order valence-corrected chi connectivity index (χ2v) is 11.1. The van der Waals surface area contributed by atoms with Gasteiger partial charge >= 0.3 is 6.09 Å². The molecular formula is C28H35FN8O4. The minimum Gasteiger partial charge on any atom is -0.479 e. The van der Waals surface area contributed by atoms with Gasteiger partial charge in [-0.15, -0.1) is 0 Å². The number of nitrogens with one attached hydrogen (secondary N) is 1. The molecule has 0 bridgehead atoms. The fourth-order valence-electron chi connectivity index (χ4n) is 5.26. The molecule has 4 heterocycles. The Balaban J connectivity index is 1.39. The van der Waals surface area contributed by atoms with Crippen LogP contribution in [0.4, 0.5) is 20.6 Å². The van der Waals surface area contributed by atoms with Gasteiger partial charge in [-0.2, -0.15) is 10.1 Å². The zero-order valence-corrected chi connectivity index (χ0v) is 24.1. The Kier molecular flexibility index (Phi) is 7.45. The molecular weight excluding hydrogens is 531 g/mol. The molecule has 5 rings (SSSR count). The highest BCUT2D eigenvalue weighted by atomic mass is 19.1. The first-order chi connectivity index (χ1) is 19.5. The molecule has 218 valence electrons. The van der Waals surface area contributed by atoms with Crippen LogP contribution in [0.5, 0.6) is 5.88 Å². The fraction of sp³-hybridized carbons (Fsp3) is 0.464. The van der Waals surface area contributed by atoms with Crippen molar-refractivity contribution in [1.82, 2.24) is 29.0 Å². The number of aromatic nitrogens is 5. The summed E-state index contributed by atoms with van der Waals surface area (Å²) >= 11 is 0. The zero-order valence-electron chi connectivity index (χ0n) is 24.1. The van der Waals surface area contributed by atoms with Crippen LogP contribution in [-0.2, 0) is 11.8 Å². The Labute approximate surface area is 237 Å². The van der Waals surface area contributed by atoms with E-state index < -0.39 is 17.3 Å². The van der Waals surface area contributed by atoms with Crippen LogP contribution in [0.15, 0.2) is 30.9 Å². The topological polar surface area (TPSA) is 119 Å². The molecule has 1 saturated heterocycles. The summed E-state index contributed by atoms with van der Waals surface area (Å²) in [4.78, 5) is 38.4. The maximum Gasteiger partial charge on any atom is 0.410 e. The molecule has 0 radical (unpaired) electrons. The Morgan fingerprint density at radius 1 is 1.22 bits per heavy atom. The van der Waals surface area contributed by atoms with Gasteiger partial charge in [0.2, 0.25) is 11.7 Å². The molecule has 12 nitrogen and oxygen atoms in total. The van der Waals surface area contributed by atoms with E-state index in [2.05, 4.69) is 25.3 Å². The molecule has 0 aliphatic carbocycles. The molecule has 1 fully saturated rings. The molecule has 1 aromatic carbocycles. The molecule has 0 spiro atoms. The largest absolute Gasteiger partial charge is 0.479 e. The van der Waals surface area contributed by atoms with Crippen LogP contribution < -0.4 is 15.0 Å². The van der Waals surface area contributed by atoms with Crippen molar-refractivity contribution >= 4 is 40.1 Å². The normalized spacial score (nSPS) is 14.5. The van der Waals surface area contributed by atoms with Crippen LogP contribution in [-0.4, -0.2) is 79.4 Å². The van der Waals surface area contributed by atoms with E-state index in [0.717, 1.165) is 0 Å². The number of fused-ring (bicyclic) bond motifs is 2. The number of hydrogen-bond acceptors (Lipinski definition) is 8. The van der Waals surface area contributed by atoms with E-state index in [4.69, 9.17) is 9.47 Å². The molecule has 1 aliphatic rings. The molecule has 0 atom stereocenters. The summed E-state index contributed by atoms with van der Waals surface area (Å²) in [7, 11) is 3.16. The first kappa shape index (κ1) is 28.1. The summed E-state index contributed by atoms with van der Waals surface area (Å²) in [6.07, 6.45) is 7.71. The summed E-state index contributed by atoms with van der Waals surface area (Å²) in [5, 5.41) is 7.83. The molecule has 41 heavy (non-hydrogen) atoms. The summed E-state index contributed by atoms with van der Waals surface area (Å²) < 4.78 is 29.9. The number of carbonyl (C=O) groups excluding carboxylic acids is 2. The van der Waals surface area contributed by atoms with Crippen LogP contribution in [0, 0.1) is 5.82 Å². The highest BCUT2D eigenvalue weighted by Crippen LogP contribution is 2.34. The standard InChI is InChI=1S/C28H35FN8O4/c1-7-37(27(39)41-28(2,3)4)17-8-11-35(12-9-17)21-14-19(29)22(23-18(21)15-34(5)33-23)24(38)31-20-16-36-13-10-30-26(36)32-25(20)40-6/h10,13-17H,7-9,11-12H2,1-6H3,(H,31,38). The lowest BCUT2D eigenvalue weighted by molar-refractivity contribution is 0.0149. The number of carbonyl (C=O) groups is 2. The SMILES string of the molecule is CCN(C(=O)OC(C)(C)C)C1CCN(c2cc(F)c(C(=O)Nc3cn4ccnc4nc3OC)c3nn(C)cc23)CC1. The van der Waals surface area contributed by atoms with Gasteiger partial charge in [0.15, 0.2) is 0 Å². The van der Waals surface area contributed by atoms with Gasteiger partial charge in [-0.05, 0) is 46.6 Å². The molecule has 13 heteroatoms. The highest BCUT2D eigenvalue weighted by molar-refractivity contribution is 6.14. The Morgan fingerprint density at radius 3 is 2.61 bits per heavy atom. The lowest BCUT2D eigenvalue weighted by atomic mass is 10.0. The summed E-state index contributed by atoms with van der Waals surface area (Å²) in [5.74, 6) is -0.807. The van der Waals surface area contributed by atoms with Crippen LogP contribution in [0.1, 0.15) is 50.9 Å². The number of aryl methyl sites for hydroxylation is 1. The van der Waals surface area contributed by atoms with Crippen molar-refractivity contribution < 1.29 is 23.5 Å². The third-order valence-electron chi connectivity index (χ3n) is 7.08. The molecule has 1 N–H and O–H groups in total. The Hall–Kier alpha value is -4.42. The first-order valence-corrected chi connectivity index (χ1v) is 13.6. The van der Waals surface area contributed by atoms with E-state index in [1.807, 2.05) is 27.7 Å². The van der Waals surface area contributed by atoms with E-state index in [0.29, 0.717) is 49.3 Å². The molecule has 1 aliphatic heterocycles. The molecule has 0 unspecified atom stereocenters. The van der Waals surface area contributed by atoms with E-state index in [1.54, 1.807) is 45.8 Å². The zero-order chi connectivity index (χ0) is 29.5. The number of rotatable bonds is 6. The summed E-state index contributed by atoms with van der Waals surface area (Å²) in [6, 6.07) is 1.40. The lowest BCUT2D eigenvalue weighted by Gasteiger charge is -2.39. The van der Waals surface area contributed by atoms with E-state index in [-0.39, 0.29) is 34.8 Å². The number of hydrogen-bond donors (Lipinski definition) is 1. The van der Waals surface area contributed by atoms with Crippen molar-refractivity contribution in [3.8, 4) is 5.88 Å². The number of ether oxygens (including phenoxy) is 2. The molecule has 2 amide bonds. The monoisotopic (exact) mass is 566 g/mol. The predicted molar refractivity (Wildman–Crippen MR) is 152 cm³/mol. The van der Waals surface area contributed by atoms with Crippen molar-refractivity contribution in [2.75, 3.05) is 37.0 Å².